The van der Waals surface area contributed by atoms with Crippen molar-refractivity contribution >= 4 is 23.1 Å². The fraction of sp³-hybridized carbons (Fsp3) is 0.0968. The number of amides is 1. The number of carbonyl (C=O) groups excluding carboxylic acids is 1. The molecule has 5 aromatic rings. The first-order valence-electron chi connectivity index (χ1n) is 12.6. The Bertz CT molecular complexity index is 1710. The van der Waals surface area contributed by atoms with Crippen LogP contribution >= 0.6 is 0 Å². The van der Waals surface area contributed by atoms with E-state index in [0.29, 0.717) is 28.7 Å². The zero-order valence-corrected chi connectivity index (χ0v) is 22.4. The number of nitrogens with zero attached hydrogens (tertiary/aromatic N) is 3. The molecule has 5 rings (SSSR count). The van der Waals surface area contributed by atoms with Crippen molar-refractivity contribution in [3.05, 3.63) is 114 Å². The summed E-state index contributed by atoms with van der Waals surface area (Å²) in [4.78, 5) is 26.0. The van der Waals surface area contributed by atoms with Crippen molar-refractivity contribution < 1.29 is 27.4 Å². The molecule has 11 heteroatoms. The molecule has 0 radical (unpaired) electrons. The molecular formula is C31H24F3N5O3. The molecule has 212 valence electrons. The highest BCUT2D eigenvalue weighted by atomic mass is 19.4. The first-order chi connectivity index (χ1) is 20.2. The Morgan fingerprint density at radius 1 is 0.857 bits per heavy atom. The van der Waals surface area contributed by atoms with E-state index in [0.717, 1.165) is 23.3 Å². The average Bonchev–Trinajstić information content (AvgIpc) is 2.99. The maximum atomic E-state index is 13.5. The third kappa shape index (κ3) is 6.47. The lowest BCUT2D eigenvalue weighted by Gasteiger charge is -2.16. The third-order valence-corrected chi connectivity index (χ3v) is 6.26. The van der Waals surface area contributed by atoms with Gasteiger partial charge in [-0.1, -0.05) is 6.07 Å². The smallest absolute Gasteiger partial charge is 0.416 e. The molecule has 8 nitrogen and oxygen atoms in total. The van der Waals surface area contributed by atoms with Crippen LogP contribution in [0, 0.1) is 6.92 Å². The lowest BCUT2D eigenvalue weighted by atomic mass is 10.1. The summed E-state index contributed by atoms with van der Waals surface area (Å²) in [6.07, 6.45) is 0.0540. The van der Waals surface area contributed by atoms with Crippen molar-refractivity contribution in [3.63, 3.8) is 0 Å². The number of ether oxygens (including phenoxy) is 2. The molecule has 0 bridgehead atoms. The molecule has 2 N–H and O–H groups in total. The molecule has 0 saturated carbocycles. The first kappa shape index (κ1) is 28.1. The summed E-state index contributed by atoms with van der Waals surface area (Å²) < 4.78 is 51.6. The maximum Gasteiger partial charge on any atom is 0.416 e. The second kappa shape index (κ2) is 12.0. The fourth-order valence-corrected chi connectivity index (χ4v) is 4.05. The number of pyridine rings is 1. The van der Waals surface area contributed by atoms with E-state index in [1.165, 1.54) is 19.5 Å². The molecular weight excluding hydrogens is 547 g/mol. The van der Waals surface area contributed by atoms with Crippen molar-refractivity contribution in [1.82, 2.24) is 15.0 Å². The van der Waals surface area contributed by atoms with Gasteiger partial charge in [0.1, 0.15) is 23.6 Å². The van der Waals surface area contributed by atoms with E-state index in [9.17, 15) is 18.0 Å². The minimum absolute atomic E-state index is 0.0370. The van der Waals surface area contributed by atoms with Crippen LogP contribution in [0.15, 0.2) is 97.6 Å². The summed E-state index contributed by atoms with van der Waals surface area (Å²) in [5.74, 6) is 0.846. The topological polar surface area (TPSA) is 98.3 Å². The summed E-state index contributed by atoms with van der Waals surface area (Å²) in [6.45, 7) is 1.85. The van der Waals surface area contributed by atoms with Crippen LogP contribution in [0.1, 0.15) is 21.5 Å². The lowest BCUT2D eigenvalue weighted by Crippen LogP contribution is -2.14. The number of anilines is 3. The number of alkyl halides is 3. The number of hydrogen-bond donors (Lipinski definition) is 2. The number of benzene rings is 3. The molecule has 0 aliphatic heterocycles. The van der Waals surface area contributed by atoms with Gasteiger partial charge in [-0.15, -0.1) is 0 Å². The molecule has 42 heavy (non-hydrogen) atoms. The molecule has 0 aliphatic rings. The zero-order chi connectivity index (χ0) is 29.7. The van der Waals surface area contributed by atoms with Crippen molar-refractivity contribution in [2.45, 2.75) is 13.1 Å². The minimum Gasteiger partial charge on any atom is -0.497 e. The second-order valence-electron chi connectivity index (χ2n) is 9.09. The standard InChI is InChI=1S/C31H24F3N5O3/c1-19-5-6-20(16-26(19)38-29-24(4-3-14-36-29)25-13-15-35-18-37-25)30(40)39-27-17-21(31(32,33)34)7-12-28(27)42-23-10-8-22(41-2)9-11-23/h3-18H,1-2H3,(H,36,38)(H,39,40). The van der Waals surface area contributed by atoms with E-state index in [-0.39, 0.29) is 17.0 Å². The summed E-state index contributed by atoms with van der Waals surface area (Å²) in [5, 5.41) is 5.83. The molecule has 0 fully saturated rings. The van der Waals surface area contributed by atoms with Crippen molar-refractivity contribution in [1.29, 1.82) is 0 Å². The van der Waals surface area contributed by atoms with Gasteiger partial charge in [0.25, 0.3) is 5.91 Å². The molecule has 0 unspecified atom stereocenters. The van der Waals surface area contributed by atoms with Gasteiger partial charge in [-0.25, -0.2) is 15.0 Å². The molecule has 0 spiro atoms. The van der Waals surface area contributed by atoms with E-state index >= 15 is 0 Å². The number of rotatable bonds is 8. The number of methoxy groups -OCH3 is 1. The van der Waals surface area contributed by atoms with E-state index in [1.807, 2.05) is 13.0 Å². The van der Waals surface area contributed by atoms with Gasteiger partial charge in [-0.3, -0.25) is 4.79 Å². The van der Waals surface area contributed by atoms with Gasteiger partial charge >= 0.3 is 6.18 Å². The van der Waals surface area contributed by atoms with Crippen LogP contribution in [0.2, 0.25) is 0 Å². The Morgan fingerprint density at radius 3 is 2.36 bits per heavy atom. The normalized spacial score (nSPS) is 11.1. The molecule has 0 atom stereocenters. The number of halogens is 3. The van der Waals surface area contributed by atoms with Crippen LogP contribution in [0.25, 0.3) is 11.3 Å². The summed E-state index contributed by atoms with van der Waals surface area (Å²) in [6, 6.07) is 19.7. The fourth-order valence-electron chi connectivity index (χ4n) is 4.05. The summed E-state index contributed by atoms with van der Waals surface area (Å²) in [7, 11) is 1.51. The predicted octanol–water partition coefficient (Wildman–Crippen LogP) is 7.66. The van der Waals surface area contributed by atoms with Gasteiger partial charge in [0.2, 0.25) is 0 Å². The van der Waals surface area contributed by atoms with E-state index in [1.54, 1.807) is 67.0 Å². The van der Waals surface area contributed by atoms with Gasteiger partial charge in [0.05, 0.1) is 24.1 Å². The van der Waals surface area contributed by atoms with Crippen molar-refractivity contribution in [3.8, 4) is 28.5 Å². The predicted molar refractivity (Wildman–Crippen MR) is 152 cm³/mol. The van der Waals surface area contributed by atoms with Gasteiger partial charge < -0.3 is 20.1 Å². The van der Waals surface area contributed by atoms with E-state index in [4.69, 9.17) is 9.47 Å². The van der Waals surface area contributed by atoms with Crippen molar-refractivity contribution in [2.75, 3.05) is 17.7 Å². The second-order valence-corrected chi connectivity index (χ2v) is 9.09. The van der Waals surface area contributed by atoms with Crippen LogP contribution in [-0.4, -0.2) is 28.0 Å². The van der Waals surface area contributed by atoms with E-state index < -0.39 is 17.6 Å². The summed E-state index contributed by atoms with van der Waals surface area (Å²) in [5.41, 5.74) is 1.90. The van der Waals surface area contributed by atoms with Gasteiger partial charge in [0.15, 0.2) is 5.75 Å². The quantitative estimate of drug-likeness (QED) is 0.197. The Balaban J connectivity index is 1.43. The van der Waals surface area contributed by atoms with Crippen LogP contribution in [0.4, 0.5) is 30.4 Å². The average molecular weight is 572 g/mol. The molecule has 2 aromatic heterocycles. The first-order valence-corrected chi connectivity index (χ1v) is 12.6. The summed E-state index contributed by atoms with van der Waals surface area (Å²) >= 11 is 0. The number of nitrogens with one attached hydrogen (secondary N) is 2. The lowest BCUT2D eigenvalue weighted by molar-refractivity contribution is -0.137. The molecule has 1 amide bonds. The number of aryl methyl sites for hydroxylation is 1. The highest BCUT2D eigenvalue weighted by Crippen LogP contribution is 2.37. The Hall–Kier alpha value is -5.45. The maximum absolute atomic E-state index is 13.5. The highest BCUT2D eigenvalue weighted by Gasteiger charge is 2.31. The van der Waals surface area contributed by atoms with Gasteiger partial charge in [-0.2, -0.15) is 13.2 Å². The molecule has 0 saturated heterocycles. The van der Waals surface area contributed by atoms with Crippen molar-refractivity contribution in [2.24, 2.45) is 0 Å². The SMILES string of the molecule is COc1ccc(Oc2ccc(C(F)(F)F)cc2NC(=O)c2ccc(C)c(Nc3ncccc3-c3ccncn3)c2)cc1. The largest absolute Gasteiger partial charge is 0.497 e. The van der Waals surface area contributed by atoms with E-state index in [2.05, 4.69) is 25.6 Å². The van der Waals surface area contributed by atoms with Crippen LogP contribution < -0.4 is 20.1 Å². The molecule has 3 aromatic carbocycles. The Kier molecular flexibility index (Phi) is 8.00. The Morgan fingerprint density at radius 2 is 1.64 bits per heavy atom. The number of hydrogen-bond acceptors (Lipinski definition) is 7. The Labute approximate surface area is 239 Å². The number of carbonyl (C=O) groups is 1. The number of aromatic nitrogens is 3. The molecule has 2 heterocycles. The minimum atomic E-state index is -4.62. The highest BCUT2D eigenvalue weighted by molar-refractivity contribution is 6.06. The third-order valence-electron chi connectivity index (χ3n) is 6.26. The molecule has 0 aliphatic carbocycles. The zero-order valence-electron chi connectivity index (χ0n) is 22.4. The van der Waals surface area contributed by atoms with Crippen LogP contribution in [0.3, 0.4) is 0 Å². The monoisotopic (exact) mass is 571 g/mol. The van der Waals surface area contributed by atoms with Crippen LogP contribution in [0.5, 0.6) is 17.2 Å². The van der Waals surface area contributed by atoms with Gasteiger partial charge in [-0.05, 0) is 85.3 Å². The van der Waals surface area contributed by atoms with Gasteiger partial charge in [0, 0.05) is 29.2 Å². The van der Waals surface area contributed by atoms with Crippen LogP contribution in [-0.2, 0) is 6.18 Å².